The van der Waals surface area contributed by atoms with E-state index in [1.165, 1.54) is 29.7 Å². The molecule has 0 saturated carbocycles. The number of hydrogen-bond donors (Lipinski definition) is 1. The van der Waals surface area contributed by atoms with Crippen LogP contribution in [0.3, 0.4) is 0 Å². The predicted molar refractivity (Wildman–Crippen MR) is 114 cm³/mol. The molecule has 0 radical (unpaired) electrons. The Labute approximate surface area is 175 Å². The van der Waals surface area contributed by atoms with Crippen LogP contribution < -0.4 is 5.43 Å². The minimum absolute atomic E-state index is 0.000797. The third kappa shape index (κ3) is 3.06. The maximum Gasteiger partial charge on any atom is 0.317 e. The fraction of sp³-hybridized carbons (Fsp3) is 0.720. The van der Waals surface area contributed by atoms with E-state index in [4.69, 9.17) is 4.74 Å². The molecule has 5 aliphatic rings. The topological polar surface area (TPSA) is 38.3 Å². The van der Waals surface area contributed by atoms with Crippen molar-refractivity contribution in [3.63, 3.8) is 0 Å². The third-order valence-electron chi connectivity index (χ3n) is 8.35. The molecule has 7 atom stereocenters. The molecule has 1 N–H and O–H groups in total. The summed E-state index contributed by atoms with van der Waals surface area (Å²) in [5.41, 5.74) is 8.15. The standard InChI is InChI=1S/C25H37N2O2/c1-15(2)14-29-25(28)24-20-9-8-18-17-6-5-7-19(18)21(20)12-22-23(24)16(3)13-27(22,4)26-11-10-17/h5-6,9,15-19,21,24,26H,7-8,10-14H2,1-4H3/q+1/t16?,17-,18?,19?,21?,24?,27+/m0/s1. The van der Waals surface area contributed by atoms with Crippen LogP contribution in [0, 0.1) is 41.4 Å². The lowest BCUT2D eigenvalue weighted by Gasteiger charge is -2.48. The Kier molecular flexibility index (Phi) is 4.78. The SMILES string of the molecule is CC(C)COC(=O)C1C2=CCC3C4CC=C[C@H]3CCN[N@+]3(C)CC(C)C1=C3CC24. The number of carbonyl (C=O) groups is 1. The van der Waals surface area contributed by atoms with Crippen molar-refractivity contribution in [1.29, 1.82) is 0 Å². The highest BCUT2D eigenvalue weighted by Crippen LogP contribution is 2.57. The van der Waals surface area contributed by atoms with Gasteiger partial charge in [-0.05, 0) is 48.9 Å². The van der Waals surface area contributed by atoms with Gasteiger partial charge in [0.2, 0.25) is 0 Å². The van der Waals surface area contributed by atoms with Crippen molar-refractivity contribution in [1.82, 2.24) is 5.43 Å². The van der Waals surface area contributed by atoms with Crippen LogP contribution in [0.2, 0.25) is 0 Å². The first-order valence-electron chi connectivity index (χ1n) is 11.8. The molecule has 0 amide bonds. The Morgan fingerprint density at radius 3 is 2.93 bits per heavy atom. The molecule has 1 fully saturated rings. The highest BCUT2D eigenvalue weighted by atomic mass is 16.5. The third-order valence-corrected chi connectivity index (χ3v) is 8.35. The summed E-state index contributed by atoms with van der Waals surface area (Å²) in [6.45, 7) is 9.15. The second kappa shape index (κ2) is 7.09. The zero-order valence-electron chi connectivity index (χ0n) is 18.5. The van der Waals surface area contributed by atoms with E-state index in [0.717, 1.165) is 36.4 Å². The van der Waals surface area contributed by atoms with Gasteiger partial charge in [-0.15, -0.1) is 0 Å². The van der Waals surface area contributed by atoms with Crippen LogP contribution in [0.25, 0.3) is 0 Å². The molecule has 2 aliphatic heterocycles. The zero-order valence-corrected chi connectivity index (χ0v) is 18.5. The van der Waals surface area contributed by atoms with Crippen LogP contribution in [0.15, 0.2) is 35.1 Å². The number of esters is 1. The molecular formula is C25H37N2O2+. The number of quaternary nitrogens is 1. The molecule has 5 bridgehead atoms. The molecule has 4 nitrogen and oxygen atoms in total. The summed E-state index contributed by atoms with van der Waals surface area (Å²) >= 11 is 0. The van der Waals surface area contributed by atoms with Gasteiger partial charge in [-0.2, -0.15) is 5.43 Å². The van der Waals surface area contributed by atoms with E-state index >= 15 is 0 Å². The highest BCUT2D eigenvalue weighted by molar-refractivity contribution is 5.81. The average molecular weight is 398 g/mol. The van der Waals surface area contributed by atoms with Gasteiger partial charge in [-0.3, -0.25) is 4.79 Å². The molecule has 1 saturated heterocycles. The predicted octanol–water partition coefficient (Wildman–Crippen LogP) is 4.22. The van der Waals surface area contributed by atoms with E-state index in [1.807, 2.05) is 0 Å². The van der Waals surface area contributed by atoms with Gasteiger partial charge < -0.3 is 4.74 Å². The molecule has 5 unspecified atom stereocenters. The van der Waals surface area contributed by atoms with Crippen molar-refractivity contribution in [2.75, 3.05) is 26.7 Å². The summed E-state index contributed by atoms with van der Waals surface area (Å²) in [5, 5.41) is 0. The number of nitrogens with zero attached hydrogens (tertiary/aromatic N) is 1. The average Bonchev–Trinajstić information content (AvgIpc) is 2.94. The molecule has 5 rings (SSSR count). The normalized spacial score (nSPS) is 42.9. The lowest BCUT2D eigenvalue weighted by molar-refractivity contribution is -0.915. The van der Waals surface area contributed by atoms with Crippen LogP contribution in [-0.2, 0) is 9.53 Å². The Morgan fingerprint density at radius 1 is 1.31 bits per heavy atom. The fourth-order valence-electron chi connectivity index (χ4n) is 7.16. The van der Waals surface area contributed by atoms with Gasteiger partial charge in [-0.25, -0.2) is 4.59 Å². The minimum atomic E-state index is -0.149. The quantitative estimate of drug-likeness (QED) is 0.440. The van der Waals surface area contributed by atoms with Crippen molar-refractivity contribution >= 4 is 5.97 Å². The van der Waals surface area contributed by atoms with Crippen LogP contribution >= 0.6 is 0 Å². The number of rotatable bonds is 3. The number of ether oxygens (including phenoxy) is 1. The number of hydrogen-bond acceptors (Lipinski definition) is 3. The second-order valence-corrected chi connectivity index (χ2v) is 10.7. The van der Waals surface area contributed by atoms with E-state index in [0.29, 0.717) is 36.2 Å². The molecule has 158 valence electrons. The number of carbonyl (C=O) groups excluding carboxylic acids is 1. The van der Waals surface area contributed by atoms with Gasteiger partial charge in [-0.1, -0.05) is 44.6 Å². The Balaban J connectivity index is 1.62. The van der Waals surface area contributed by atoms with Crippen molar-refractivity contribution in [2.45, 2.75) is 46.5 Å². The second-order valence-electron chi connectivity index (χ2n) is 10.7. The van der Waals surface area contributed by atoms with Crippen LogP contribution in [0.4, 0.5) is 0 Å². The van der Waals surface area contributed by atoms with E-state index < -0.39 is 0 Å². The van der Waals surface area contributed by atoms with E-state index in [2.05, 4.69) is 51.5 Å². The smallest absolute Gasteiger partial charge is 0.317 e. The molecule has 0 spiro atoms. The van der Waals surface area contributed by atoms with E-state index in [-0.39, 0.29) is 11.9 Å². The molecular weight excluding hydrogens is 360 g/mol. The van der Waals surface area contributed by atoms with Crippen molar-refractivity contribution in [3.8, 4) is 0 Å². The summed E-state index contributed by atoms with van der Waals surface area (Å²) in [5.74, 6) is 3.22. The zero-order chi connectivity index (χ0) is 20.3. The number of nitrogens with one attached hydrogen (secondary N) is 1. The summed E-state index contributed by atoms with van der Waals surface area (Å²) in [4.78, 5) is 13.4. The summed E-state index contributed by atoms with van der Waals surface area (Å²) < 4.78 is 6.69. The van der Waals surface area contributed by atoms with E-state index in [9.17, 15) is 4.79 Å². The van der Waals surface area contributed by atoms with Crippen molar-refractivity contribution in [3.05, 3.63) is 35.1 Å². The first-order valence-corrected chi connectivity index (χ1v) is 11.8. The molecule has 0 aromatic rings. The molecule has 0 aromatic carbocycles. The Hall–Kier alpha value is -1.39. The highest BCUT2D eigenvalue weighted by Gasteiger charge is 2.56. The molecule has 0 aromatic heterocycles. The Bertz CT molecular complexity index is 795. The van der Waals surface area contributed by atoms with Crippen molar-refractivity contribution in [2.24, 2.45) is 41.4 Å². The summed E-state index contributed by atoms with van der Waals surface area (Å²) in [6, 6.07) is 0. The molecule has 2 heterocycles. The first kappa shape index (κ1) is 19.6. The van der Waals surface area contributed by atoms with E-state index in [1.54, 1.807) is 0 Å². The summed E-state index contributed by atoms with van der Waals surface area (Å²) in [7, 11) is 2.33. The van der Waals surface area contributed by atoms with Crippen molar-refractivity contribution < 1.29 is 14.1 Å². The van der Waals surface area contributed by atoms with Crippen LogP contribution in [0.1, 0.15) is 46.5 Å². The Morgan fingerprint density at radius 2 is 2.14 bits per heavy atom. The maximum absolute atomic E-state index is 13.4. The largest absolute Gasteiger partial charge is 0.465 e. The van der Waals surface area contributed by atoms with Gasteiger partial charge in [0.25, 0.3) is 0 Å². The minimum Gasteiger partial charge on any atom is -0.465 e. The number of allylic oxidation sites excluding steroid dienone is 4. The van der Waals surface area contributed by atoms with Gasteiger partial charge in [0.05, 0.1) is 13.7 Å². The van der Waals surface area contributed by atoms with Crippen LogP contribution in [-0.4, -0.2) is 37.3 Å². The molecule has 29 heavy (non-hydrogen) atoms. The first-order chi connectivity index (χ1) is 13.9. The lowest BCUT2D eigenvalue weighted by Crippen LogP contribution is -2.55. The monoisotopic (exact) mass is 397 g/mol. The maximum atomic E-state index is 13.4. The fourth-order valence-corrected chi connectivity index (χ4v) is 7.16. The van der Waals surface area contributed by atoms with Gasteiger partial charge >= 0.3 is 5.97 Å². The van der Waals surface area contributed by atoms with Gasteiger partial charge in [0.1, 0.15) is 18.2 Å². The van der Waals surface area contributed by atoms with Gasteiger partial charge in [0, 0.05) is 24.5 Å². The molecule has 3 aliphatic carbocycles. The molecule has 4 heteroatoms. The van der Waals surface area contributed by atoms with Crippen LogP contribution in [0.5, 0.6) is 0 Å². The lowest BCUT2D eigenvalue weighted by atomic mass is 9.57. The summed E-state index contributed by atoms with van der Waals surface area (Å²) in [6.07, 6.45) is 12.0. The van der Waals surface area contributed by atoms with Gasteiger partial charge in [0.15, 0.2) is 0 Å².